The van der Waals surface area contributed by atoms with Gasteiger partial charge in [-0.1, -0.05) is 248 Å². The first-order valence-corrected chi connectivity index (χ1v) is 29.5. The number of amides is 1. The average molecular weight is 953 g/mol. The summed E-state index contributed by atoms with van der Waals surface area (Å²) in [6, 6.07) is -0.711. The van der Waals surface area contributed by atoms with Gasteiger partial charge < -0.3 is 20.3 Å². The zero-order valence-electron chi connectivity index (χ0n) is 45.2. The van der Waals surface area contributed by atoms with Gasteiger partial charge in [-0.3, -0.25) is 9.59 Å². The largest absolute Gasteiger partial charge is 0.462 e. The molecule has 396 valence electrons. The van der Waals surface area contributed by atoms with Crippen LogP contribution in [-0.2, 0) is 14.3 Å². The molecule has 1 amide bonds. The molecule has 0 aliphatic rings. The SMILES string of the molecule is CCCCC/C=C\C/C=C\C/C=C\C/C=C\CCCCCC(=O)OC(CCCCCCCCC/C=C/CCCCCCCC)CC(=O)NC(CO)C(O)CCCCCCCCCCCCCCC. The summed E-state index contributed by atoms with van der Waals surface area (Å²) >= 11 is 0. The number of aliphatic hydroxyl groups excluding tert-OH is 2. The molecule has 3 N–H and O–H groups in total. The van der Waals surface area contributed by atoms with E-state index in [9.17, 15) is 19.8 Å². The van der Waals surface area contributed by atoms with Crippen LogP contribution >= 0.6 is 0 Å². The number of carbonyl (C=O) groups is 2. The summed E-state index contributed by atoms with van der Waals surface area (Å²) in [6.45, 7) is 6.47. The first-order valence-electron chi connectivity index (χ1n) is 29.5. The summed E-state index contributed by atoms with van der Waals surface area (Å²) in [5.41, 5.74) is 0. The molecule has 3 atom stereocenters. The zero-order chi connectivity index (χ0) is 49.5. The maximum atomic E-state index is 13.3. The van der Waals surface area contributed by atoms with Gasteiger partial charge in [-0.2, -0.15) is 0 Å². The van der Waals surface area contributed by atoms with Crippen molar-refractivity contribution in [2.45, 2.75) is 315 Å². The molecule has 6 heteroatoms. The topological polar surface area (TPSA) is 95.9 Å². The molecule has 3 unspecified atom stereocenters. The third-order valence-electron chi connectivity index (χ3n) is 13.3. The number of ether oxygens (including phenoxy) is 1. The molecule has 68 heavy (non-hydrogen) atoms. The molecule has 0 aliphatic carbocycles. The Labute approximate surface area is 422 Å². The van der Waals surface area contributed by atoms with Gasteiger partial charge in [0.2, 0.25) is 5.91 Å². The van der Waals surface area contributed by atoms with Gasteiger partial charge in [-0.05, 0) is 96.3 Å². The smallest absolute Gasteiger partial charge is 0.306 e. The maximum Gasteiger partial charge on any atom is 0.306 e. The van der Waals surface area contributed by atoms with Crippen molar-refractivity contribution in [2.24, 2.45) is 0 Å². The quantitative estimate of drug-likeness (QED) is 0.0321. The van der Waals surface area contributed by atoms with E-state index in [0.717, 1.165) is 83.5 Å². The van der Waals surface area contributed by atoms with Gasteiger partial charge in [0.05, 0.1) is 25.2 Å². The van der Waals surface area contributed by atoms with E-state index in [0.29, 0.717) is 19.3 Å². The Kier molecular flexibility index (Phi) is 53.5. The number of nitrogens with one attached hydrogen (secondary N) is 1. The minimum absolute atomic E-state index is 0.0616. The van der Waals surface area contributed by atoms with E-state index in [1.165, 1.54) is 167 Å². The monoisotopic (exact) mass is 952 g/mol. The van der Waals surface area contributed by atoms with Crippen molar-refractivity contribution < 1.29 is 24.5 Å². The highest BCUT2D eigenvalue weighted by atomic mass is 16.5. The predicted octanol–water partition coefficient (Wildman–Crippen LogP) is 18.4. The van der Waals surface area contributed by atoms with Gasteiger partial charge >= 0.3 is 5.97 Å². The Morgan fingerprint density at radius 2 is 0.750 bits per heavy atom. The molecule has 0 aliphatic heterocycles. The lowest BCUT2D eigenvalue weighted by Gasteiger charge is -2.24. The minimum atomic E-state index is -0.796. The highest BCUT2D eigenvalue weighted by molar-refractivity contribution is 5.77. The predicted molar refractivity (Wildman–Crippen MR) is 296 cm³/mol. The lowest BCUT2D eigenvalue weighted by molar-refractivity contribution is -0.151. The number of esters is 1. The van der Waals surface area contributed by atoms with Crippen molar-refractivity contribution in [2.75, 3.05) is 6.61 Å². The number of unbranched alkanes of at least 4 members (excludes halogenated alkanes) is 31. The van der Waals surface area contributed by atoms with Crippen LogP contribution in [0.4, 0.5) is 0 Å². The van der Waals surface area contributed by atoms with Crippen molar-refractivity contribution in [1.29, 1.82) is 0 Å². The number of carbonyl (C=O) groups excluding carboxylic acids is 2. The summed E-state index contributed by atoms with van der Waals surface area (Å²) in [7, 11) is 0. The van der Waals surface area contributed by atoms with Crippen LogP contribution in [0.5, 0.6) is 0 Å². The molecule has 6 nitrogen and oxygen atoms in total. The highest BCUT2D eigenvalue weighted by Gasteiger charge is 2.24. The summed E-state index contributed by atoms with van der Waals surface area (Å²) in [5, 5.41) is 23.9. The number of hydrogen-bond acceptors (Lipinski definition) is 5. The highest BCUT2D eigenvalue weighted by Crippen LogP contribution is 2.18. The molecule has 0 bridgehead atoms. The van der Waals surface area contributed by atoms with Crippen molar-refractivity contribution in [3.8, 4) is 0 Å². The van der Waals surface area contributed by atoms with Crippen molar-refractivity contribution in [3.05, 3.63) is 60.8 Å². The fraction of sp³-hybridized carbons (Fsp3) is 0.806. The molecule has 0 heterocycles. The molecule has 0 saturated heterocycles. The number of hydrogen-bond donors (Lipinski definition) is 3. The van der Waals surface area contributed by atoms with Crippen molar-refractivity contribution in [1.82, 2.24) is 5.32 Å². The Balaban J connectivity index is 4.63. The Morgan fingerprint density at radius 3 is 1.18 bits per heavy atom. The van der Waals surface area contributed by atoms with Crippen LogP contribution in [-0.4, -0.2) is 46.9 Å². The van der Waals surface area contributed by atoms with Crippen LogP contribution in [0.15, 0.2) is 60.8 Å². The number of rotatable bonds is 53. The first kappa shape index (κ1) is 65.6. The summed E-state index contributed by atoms with van der Waals surface area (Å²) in [4.78, 5) is 26.3. The fourth-order valence-corrected chi connectivity index (χ4v) is 8.82. The van der Waals surface area contributed by atoms with E-state index >= 15 is 0 Å². The van der Waals surface area contributed by atoms with Crippen LogP contribution in [0, 0.1) is 0 Å². The van der Waals surface area contributed by atoms with Crippen LogP contribution in [0.3, 0.4) is 0 Å². The van der Waals surface area contributed by atoms with Crippen LogP contribution in [0.1, 0.15) is 297 Å². The van der Waals surface area contributed by atoms with Crippen molar-refractivity contribution in [3.63, 3.8) is 0 Å². The van der Waals surface area contributed by atoms with Crippen LogP contribution in [0.25, 0.3) is 0 Å². The molecular weight excluding hydrogens is 839 g/mol. The van der Waals surface area contributed by atoms with E-state index in [1.54, 1.807) is 0 Å². The van der Waals surface area contributed by atoms with E-state index in [-0.39, 0.29) is 24.9 Å². The summed E-state index contributed by atoms with van der Waals surface area (Å²) in [6.07, 6.45) is 70.0. The molecule has 0 fully saturated rings. The Morgan fingerprint density at radius 1 is 0.426 bits per heavy atom. The number of aliphatic hydroxyl groups is 2. The second kappa shape index (κ2) is 55.5. The first-order chi connectivity index (χ1) is 33.5. The van der Waals surface area contributed by atoms with Crippen molar-refractivity contribution >= 4 is 11.9 Å². The summed E-state index contributed by atoms with van der Waals surface area (Å²) in [5.74, 6) is -0.506. The van der Waals surface area contributed by atoms with E-state index < -0.39 is 18.2 Å². The standard InChI is InChI=1S/C62H113NO5/c1-4-7-10-13-16-19-22-25-27-29-30-32-34-37-40-43-46-49-52-55-62(67)68-58(53-50-47-44-41-38-36-33-31-28-26-23-20-17-14-11-8-5-2)56-61(66)63-59(57-64)60(65)54-51-48-45-42-39-35-24-21-18-15-12-9-6-3/h16,19,25-28,30,32,37,40,58-60,64-65H,4-15,17-18,20-24,29,31,33-36,38-39,41-57H2,1-3H3,(H,63,66)/b19-16-,27-25-,28-26+,32-30-,40-37-. The lowest BCUT2D eigenvalue weighted by atomic mass is 10.0. The summed E-state index contributed by atoms with van der Waals surface area (Å²) < 4.78 is 5.95. The normalized spacial score (nSPS) is 13.5. The second-order valence-corrected chi connectivity index (χ2v) is 20.0. The molecule has 0 aromatic rings. The van der Waals surface area contributed by atoms with Crippen LogP contribution in [0.2, 0.25) is 0 Å². The Bertz CT molecular complexity index is 1210. The molecule has 0 spiro atoms. The van der Waals surface area contributed by atoms with Gasteiger partial charge in [0.25, 0.3) is 0 Å². The van der Waals surface area contributed by atoms with Gasteiger partial charge in [0, 0.05) is 6.42 Å². The second-order valence-electron chi connectivity index (χ2n) is 20.0. The van der Waals surface area contributed by atoms with Gasteiger partial charge in [-0.15, -0.1) is 0 Å². The molecule has 0 aromatic carbocycles. The third kappa shape index (κ3) is 50.0. The Hall–Kier alpha value is -2.44. The van der Waals surface area contributed by atoms with Gasteiger partial charge in [0.1, 0.15) is 6.10 Å². The van der Waals surface area contributed by atoms with E-state index in [2.05, 4.69) is 86.8 Å². The molecule has 0 radical (unpaired) electrons. The van der Waals surface area contributed by atoms with Crippen LogP contribution < -0.4 is 5.32 Å². The fourth-order valence-electron chi connectivity index (χ4n) is 8.82. The molecular formula is C62H113NO5. The van der Waals surface area contributed by atoms with Gasteiger partial charge in [-0.25, -0.2) is 0 Å². The van der Waals surface area contributed by atoms with E-state index in [4.69, 9.17) is 4.74 Å². The molecule has 0 aromatic heterocycles. The number of allylic oxidation sites excluding steroid dienone is 10. The molecule has 0 saturated carbocycles. The van der Waals surface area contributed by atoms with E-state index in [1.807, 2.05) is 0 Å². The molecule has 0 rings (SSSR count). The average Bonchev–Trinajstić information content (AvgIpc) is 3.33. The maximum absolute atomic E-state index is 13.3. The van der Waals surface area contributed by atoms with Gasteiger partial charge in [0.15, 0.2) is 0 Å². The minimum Gasteiger partial charge on any atom is -0.462 e. The zero-order valence-corrected chi connectivity index (χ0v) is 45.2. The third-order valence-corrected chi connectivity index (χ3v) is 13.3. The lowest BCUT2D eigenvalue weighted by Crippen LogP contribution is -2.46.